The van der Waals surface area contributed by atoms with Crippen LogP contribution in [-0.2, 0) is 14.9 Å². The average Bonchev–Trinajstić information content (AvgIpc) is 2.29. The molecule has 3 nitrogen and oxygen atoms in total. The molecule has 1 N–H and O–H groups in total. The van der Waals surface area contributed by atoms with Gasteiger partial charge in [-0.05, 0) is 48.8 Å². The zero-order valence-corrected chi connectivity index (χ0v) is 14.3. The molecule has 0 aliphatic heterocycles. The normalized spacial score (nSPS) is 13.3. The number of ether oxygens (including phenoxy) is 1. The number of benzene rings is 1. The summed E-state index contributed by atoms with van der Waals surface area (Å²) in [6, 6.07) is 3.97. The fraction of sp³-hybridized carbons (Fsp3) is 0.611. The Bertz CT molecular complexity index is 510. The van der Waals surface area contributed by atoms with Crippen molar-refractivity contribution in [3.05, 3.63) is 28.8 Å². The molecule has 1 aromatic carbocycles. The van der Waals surface area contributed by atoms with E-state index in [1.807, 2.05) is 39.8 Å². The Kier molecular flexibility index (Phi) is 5.43. The molecule has 1 unspecified atom stereocenters. The van der Waals surface area contributed by atoms with E-state index in [0.717, 1.165) is 16.7 Å². The lowest BCUT2D eigenvalue weighted by Crippen LogP contribution is -2.15. The first-order valence-electron chi connectivity index (χ1n) is 7.55. The van der Waals surface area contributed by atoms with Gasteiger partial charge >= 0.3 is 5.97 Å². The highest BCUT2D eigenvalue weighted by Crippen LogP contribution is 2.36. The first-order chi connectivity index (χ1) is 9.52. The summed E-state index contributed by atoms with van der Waals surface area (Å²) >= 11 is 0. The van der Waals surface area contributed by atoms with Crippen LogP contribution in [0.2, 0.25) is 0 Å². The van der Waals surface area contributed by atoms with E-state index >= 15 is 0 Å². The fourth-order valence-electron chi connectivity index (χ4n) is 2.34. The highest BCUT2D eigenvalue weighted by Gasteiger charge is 2.22. The van der Waals surface area contributed by atoms with Gasteiger partial charge in [-0.2, -0.15) is 0 Å². The molecule has 1 rings (SSSR count). The van der Waals surface area contributed by atoms with Crippen LogP contribution in [0.15, 0.2) is 12.1 Å². The van der Waals surface area contributed by atoms with Gasteiger partial charge in [0.25, 0.3) is 0 Å². The molecule has 0 heterocycles. The van der Waals surface area contributed by atoms with E-state index in [-0.39, 0.29) is 23.4 Å². The number of rotatable bonds is 4. The second-order valence-corrected chi connectivity index (χ2v) is 7.13. The summed E-state index contributed by atoms with van der Waals surface area (Å²) < 4.78 is 5.21. The van der Waals surface area contributed by atoms with Crippen LogP contribution in [0.3, 0.4) is 0 Å². The molecule has 1 aromatic rings. The molecule has 0 aromatic heterocycles. The van der Waals surface area contributed by atoms with Gasteiger partial charge in [0, 0.05) is 0 Å². The van der Waals surface area contributed by atoms with E-state index in [1.165, 1.54) is 0 Å². The smallest absolute Gasteiger partial charge is 0.306 e. The van der Waals surface area contributed by atoms with Crippen molar-refractivity contribution in [3.8, 4) is 5.75 Å². The van der Waals surface area contributed by atoms with Crippen LogP contribution in [-0.4, -0.2) is 17.2 Å². The lowest BCUT2D eigenvalue weighted by molar-refractivity contribution is -0.147. The van der Waals surface area contributed by atoms with E-state index in [1.54, 1.807) is 0 Å². The number of aromatic hydroxyl groups is 1. The third-order valence-electron chi connectivity index (χ3n) is 3.54. The Morgan fingerprint density at radius 1 is 1.24 bits per heavy atom. The molecule has 3 heteroatoms. The monoisotopic (exact) mass is 292 g/mol. The average molecular weight is 292 g/mol. The number of hydrogen-bond donors (Lipinski definition) is 1. The summed E-state index contributed by atoms with van der Waals surface area (Å²) in [7, 11) is 0. The Morgan fingerprint density at radius 2 is 1.81 bits per heavy atom. The van der Waals surface area contributed by atoms with E-state index in [9.17, 15) is 9.90 Å². The minimum atomic E-state index is -0.180. The van der Waals surface area contributed by atoms with Crippen LogP contribution in [0, 0.1) is 6.92 Å². The zero-order chi connectivity index (χ0) is 16.4. The summed E-state index contributed by atoms with van der Waals surface area (Å²) in [4.78, 5) is 11.8. The van der Waals surface area contributed by atoms with Crippen molar-refractivity contribution in [2.24, 2.45) is 0 Å². The predicted octanol–water partition coefficient (Wildman–Crippen LogP) is 4.44. The molecule has 0 fully saturated rings. The summed E-state index contributed by atoms with van der Waals surface area (Å²) in [5.74, 6) is 0.236. The Hall–Kier alpha value is -1.51. The predicted molar refractivity (Wildman–Crippen MR) is 85.8 cm³/mol. The van der Waals surface area contributed by atoms with E-state index < -0.39 is 0 Å². The molecular formula is C18H28O3. The molecular weight excluding hydrogens is 264 g/mol. The number of carbonyl (C=O) groups is 1. The van der Waals surface area contributed by atoms with E-state index in [2.05, 4.69) is 20.8 Å². The summed E-state index contributed by atoms with van der Waals surface area (Å²) in [5, 5.41) is 10.2. The van der Waals surface area contributed by atoms with Crippen molar-refractivity contribution in [1.82, 2.24) is 0 Å². The standard InChI is InChI=1S/C18H28O3/c1-11(2)21-16(19)9-12(3)14-8-13(4)17(20)15(10-14)18(5,6)7/h8,10-12,20H,9H2,1-7H3. The number of phenols is 1. The van der Waals surface area contributed by atoms with Crippen LogP contribution < -0.4 is 0 Å². The second kappa shape index (κ2) is 6.50. The molecule has 0 saturated carbocycles. The third-order valence-corrected chi connectivity index (χ3v) is 3.54. The molecule has 21 heavy (non-hydrogen) atoms. The first-order valence-corrected chi connectivity index (χ1v) is 7.55. The number of phenolic OH excluding ortho intramolecular Hbond substituents is 1. The molecule has 1 atom stereocenters. The summed E-state index contributed by atoms with van der Waals surface area (Å²) in [6.45, 7) is 13.8. The topological polar surface area (TPSA) is 46.5 Å². The van der Waals surface area contributed by atoms with Crippen molar-refractivity contribution >= 4 is 5.97 Å². The number of aryl methyl sites for hydroxylation is 1. The van der Waals surface area contributed by atoms with Gasteiger partial charge in [-0.3, -0.25) is 4.79 Å². The SMILES string of the molecule is Cc1cc(C(C)CC(=O)OC(C)C)cc(C(C)(C)C)c1O. The fourth-order valence-corrected chi connectivity index (χ4v) is 2.34. The molecule has 0 amide bonds. The van der Waals surface area contributed by atoms with Gasteiger partial charge in [-0.1, -0.05) is 39.8 Å². The van der Waals surface area contributed by atoms with Gasteiger partial charge in [0.05, 0.1) is 12.5 Å². The van der Waals surface area contributed by atoms with Gasteiger partial charge in [0.15, 0.2) is 0 Å². The van der Waals surface area contributed by atoms with Crippen LogP contribution in [0.25, 0.3) is 0 Å². The number of hydrogen-bond acceptors (Lipinski definition) is 3. The Balaban J connectivity index is 3.03. The maximum Gasteiger partial charge on any atom is 0.306 e. The lowest BCUT2D eigenvalue weighted by Gasteiger charge is -2.24. The molecule has 0 bridgehead atoms. The van der Waals surface area contributed by atoms with Crippen molar-refractivity contribution < 1.29 is 14.6 Å². The molecule has 118 valence electrons. The van der Waals surface area contributed by atoms with Gasteiger partial charge < -0.3 is 9.84 Å². The van der Waals surface area contributed by atoms with Crippen molar-refractivity contribution in [2.75, 3.05) is 0 Å². The maximum atomic E-state index is 11.8. The molecule has 0 spiro atoms. The maximum absolute atomic E-state index is 11.8. The van der Waals surface area contributed by atoms with Crippen LogP contribution >= 0.6 is 0 Å². The van der Waals surface area contributed by atoms with Crippen molar-refractivity contribution in [2.45, 2.75) is 72.3 Å². The lowest BCUT2D eigenvalue weighted by atomic mass is 9.82. The number of esters is 1. The van der Waals surface area contributed by atoms with Crippen LogP contribution in [0.4, 0.5) is 0 Å². The highest BCUT2D eigenvalue weighted by atomic mass is 16.5. The minimum absolute atomic E-state index is 0.0663. The first kappa shape index (κ1) is 17.5. The summed E-state index contributed by atoms with van der Waals surface area (Å²) in [5.41, 5.74) is 2.70. The van der Waals surface area contributed by atoms with Gasteiger partial charge in [0.1, 0.15) is 5.75 Å². The second-order valence-electron chi connectivity index (χ2n) is 7.13. The number of carbonyl (C=O) groups excluding carboxylic acids is 1. The Morgan fingerprint density at radius 3 is 2.29 bits per heavy atom. The van der Waals surface area contributed by atoms with Gasteiger partial charge in [-0.25, -0.2) is 0 Å². The van der Waals surface area contributed by atoms with Crippen LogP contribution in [0.1, 0.15) is 70.6 Å². The van der Waals surface area contributed by atoms with Gasteiger partial charge in [-0.15, -0.1) is 0 Å². The molecule has 0 aliphatic rings. The van der Waals surface area contributed by atoms with Crippen molar-refractivity contribution in [3.63, 3.8) is 0 Å². The Labute approximate surface area is 128 Å². The molecule has 0 saturated heterocycles. The zero-order valence-electron chi connectivity index (χ0n) is 14.3. The summed E-state index contributed by atoms with van der Waals surface area (Å²) in [6.07, 6.45) is 0.266. The third kappa shape index (κ3) is 4.76. The minimum Gasteiger partial charge on any atom is -0.507 e. The van der Waals surface area contributed by atoms with Gasteiger partial charge in [0.2, 0.25) is 0 Å². The quantitative estimate of drug-likeness (QED) is 0.834. The largest absolute Gasteiger partial charge is 0.507 e. The molecule has 0 aliphatic carbocycles. The highest BCUT2D eigenvalue weighted by molar-refractivity contribution is 5.70. The molecule has 0 radical (unpaired) electrons. The van der Waals surface area contributed by atoms with E-state index in [4.69, 9.17) is 4.74 Å². The van der Waals surface area contributed by atoms with E-state index in [0.29, 0.717) is 12.2 Å². The van der Waals surface area contributed by atoms with Crippen molar-refractivity contribution in [1.29, 1.82) is 0 Å². The van der Waals surface area contributed by atoms with Crippen LogP contribution in [0.5, 0.6) is 5.75 Å².